The van der Waals surface area contributed by atoms with E-state index < -0.39 is 0 Å². The SMILES string of the molecule is OC(CN[C@H]1CC[C@@H](c2ccc(OCc3ccccc3)cc2)CC1)Cc1ccccc1. The first-order valence-corrected chi connectivity index (χ1v) is 11.5. The van der Waals surface area contributed by atoms with E-state index in [1.807, 2.05) is 36.4 Å². The Bertz CT molecular complexity index is 887. The van der Waals surface area contributed by atoms with Crippen LogP contribution in [0.5, 0.6) is 5.75 Å². The molecule has 31 heavy (non-hydrogen) atoms. The number of hydrogen-bond acceptors (Lipinski definition) is 3. The minimum absolute atomic E-state index is 0.330. The highest BCUT2D eigenvalue weighted by Crippen LogP contribution is 2.33. The molecule has 0 aromatic heterocycles. The van der Waals surface area contributed by atoms with E-state index >= 15 is 0 Å². The summed E-state index contributed by atoms with van der Waals surface area (Å²) < 4.78 is 5.91. The van der Waals surface area contributed by atoms with Gasteiger partial charge in [-0.1, -0.05) is 72.8 Å². The topological polar surface area (TPSA) is 41.5 Å². The molecule has 162 valence electrons. The summed E-state index contributed by atoms with van der Waals surface area (Å²) in [6.07, 6.45) is 5.09. The lowest BCUT2D eigenvalue weighted by atomic mass is 9.81. The maximum atomic E-state index is 10.3. The summed E-state index contributed by atoms with van der Waals surface area (Å²) in [5.41, 5.74) is 3.79. The molecule has 3 heteroatoms. The Kier molecular flexibility index (Phi) is 7.76. The minimum atomic E-state index is -0.330. The molecule has 0 bridgehead atoms. The molecule has 0 amide bonds. The van der Waals surface area contributed by atoms with Crippen molar-refractivity contribution in [1.82, 2.24) is 5.32 Å². The third kappa shape index (κ3) is 6.68. The molecular weight excluding hydrogens is 382 g/mol. The summed E-state index contributed by atoms with van der Waals surface area (Å²) in [4.78, 5) is 0. The fraction of sp³-hybridized carbons (Fsp3) is 0.357. The van der Waals surface area contributed by atoms with Gasteiger partial charge in [0.2, 0.25) is 0 Å². The third-order valence-electron chi connectivity index (χ3n) is 6.28. The molecule has 3 nitrogen and oxygen atoms in total. The van der Waals surface area contributed by atoms with Crippen LogP contribution in [0, 0.1) is 0 Å². The lowest BCUT2D eigenvalue weighted by Crippen LogP contribution is -2.38. The van der Waals surface area contributed by atoms with Gasteiger partial charge in [0.1, 0.15) is 12.4 Å². The average molecular weight is 416 g/mol. The predicted molar refractivity (Wildman–Crippen MR) is 126 cm³/mol. The molecule has 3 aromatic carbocycles. The molecule has 2 N–H and O–H groups in total. The van der Waals surface area contributed by atoms with Crippen molar-refractivity contribution in [2.24, 2.45) is 0 Å². The maximum absolute atomic E-state index is 10.3. The zero-order valence-corrected chi connectivity index (χ0v) is 18.1. The Hall–Kier alpha value is -2.62. The molecule has 3 aromatic rings. The van der Waals surface area contributed by atoms with E-state index in [2.05, 4.69) is 53.8 Å². The van der Waals surface area contributed by atoms with Gasteiger partial charge in [-0.15, -0.1) is 0 Å². The molecule has 1 aliphatic rings. The molecule has 1 aliphatic carbocycles. The molecule has 0 heterocycles. The highest BCUT2D eigenvalue weighted by atomic mass is 16.5. The van der Waals surface area contributed by atoms with E-state index in [0.717, 1.165) is 18.6 Å². The van der Waals surface area contributed by atoms with Crippen molar-refractivity contribution in [3.05, 3.63) is 102 Å². The van der Waals surface area contributed by atoms with Crippen LogP contribution in [0.2, 0.25) is 0 Å². The van der Waals surface area contributed by atoms with Crippen LogP contribution in [0.15, 0.2) is 84.9 Å². The van der Waals surface area contributed by atoms with E-state index in [9.17, 15) is 5.11 Å². The van der Waals surface area contributed by atoms with Gasteiger partial charge in [0.15, 0.2) is 0 Å². The second-order valence-electron chi connectivity index (χ2n) is 8.64. The Morgan fingerprint density at radius 3 is 2.03 bits per heavy atom. The Morgan fingerprint density at radius 2 is 1.39 bits per heavy atom. The Balaban J connectivity index is 1.18. The average Bonchev–Trinajstić information content (AvgIpc) is 2.83. The molecule has 4 rings (SSSR count). The Labute approximate surface area is 186 Å². The monoisotopic (exact) mass is 415 g/mol. The summed E-state index contributed by atoms with van der Waals surface area (Å²) >= 11 is 0. The first kappa shape index (κ1) is 21.6. The maximum Gasteiger partial charge on any atom is 0.119 e. The van der Waals surface area contributed by atoms with Crippen molar-refractivity contribution >= 4 is 0 Å². The molecule has 1 saturated carbocycles. The van der Waals surface area contributed by atoms with Crippen LogP contribution in [0.1, 0.15) is 48.3 Å². The number of aliphatic hydroxyl groups excluding tert-OH is 1. The molecule has 0 radical (unpaired) electrons. The molecule has 1 atom stereocenters. The number of rotatable bonds is 9. The largest absolute Gasteiger partial charge is 0.489 e. The van der Waals surface area contributed by atoms with Gasteiger partial charge in [-0.25, -0.2) is 0 Å². The second kappa shape index (κ2) is 11.1. The van der Waals surface area contributed by atoms with Gasteiger partial charge in [-0.3, -0.25) is 0 Å². The smallest absolute Gasteiger partial charge is 0.119 e. The van der Waals surface area contributed by atoms with Crippen LogP contribution in [0.3, 0.4) is 0 Å². The molecular formula is C28H33NO2. The summed E-state index contributed by atoms with van der Waals surface area (Å²) in [6, 6.07) is 29.6. The number of nitrogens with one attached hydrogen (secondary N) is 1. The first-order valence-electron chi connectivity index (χ1n) is 11.5. The van der Waals surface area contributed by atoms with Crippen LogP contribution in [-0.4, -0.2) is 23.8 Å². The van der Waals surface area contributed by atoms with Crippen molar-refractivity contribution < 1.29 is 9.84 Å². The van der Waals surface area contributed by atoms with Gasteiger partial charge >= 0.3 is 0 Å². The number of benzene rings is 3. The summed E-state index contributed by atoms with van der Waals surface area (Å²) in [5.74, 6) is 1.55. The predicted octanol–water partition coefficient (Wildman–Crippen LogP) is 5.49. The van der Waals surface area contributed by atoms with Gasteiger partial charge in [0, 0.05) is 12.6 Å². The van der Waals surface area contributed by atoms with Crippen molar-refractivity contribution in [3.63, 3.8) is 0 Å². The third-order valence-corrected chi connectivity index (χ3v) is 6.28. The van der Waals surface area contributed by atoms with Gasteiger partial charge in [-0.05, 0) is 66.8 Å². The lowest BCUT2D eigenvalue weighted by molar-refractivity contribution is 0.162. The van der Waals surface area contributed by atoms with Crippen LogP contribution in [-0.2, 0) is 13.0 Å². The molecule has 1 fully saturated rings. The zero-order chi connectivity index (χ0) is 21.3. The van der Waals surface area contributed by atoms with E-state index in [4.69, 9.17) is 4.74 Å². The Morgan fingerprint density at radius 1 is 0.774 bits per heavy atom. The number of aliphatic hydroxyl groups is 1. The summed E-state index contributed by atoms with van der Waals surface area (Å²) in [5, 5.41) is 13.9. The fourth-order valence-corrected chi connectivity index (χ4v) is 4.47. The van der Waals surface area contributed by atoms with Crippen molar-refractivity contribution in [2.75, 3.05) is 6.54 Å². The van der Waals surface area contributed by atoms with Crippen molar-refractivity contribution in [3.8, 4) is 5.75 Å². The summed E-state index contributed by atoms with van der Waals surface area (Å²) in [7, 11) is 0. The molecule has 0 saturated heterocycles. The van der Waals surface area contributed by atoms with Crippen LogP contribution < -0.4 is 10.1 Å². The quantitative estimate of drug-likeness (QED) is 0.486. The van der Waals surface area contributed by atoms with Crippen LogP contribution in [0.4, 0.5) is 0 Å². The second-order valence-corrected chi connectivity index (χ2v) is 8.64. The fourth-order valence-electron chi connectivity index (χ4n) is 4.47. The van der Waals surface area contributed by atoms with Crippen LogP contribution >= 0.6 is 0 Å². The normalized spacial score (nSPS) is 19.6. The van der Waals surface area contributed by atoms with Crippen molar-refractivity contribution in [1.29, 1.82) is 0 Å². The lowest BCUT2D eigenvalue weighted by Gasteiger charge is -2.30. The highest BCUT2D eigenvalue weighted by Gasteiger charge is 2.22. The van der Waals surface area contributed by atoms with E-state index in [1.54, 1.807) is 0 Å². The van der Waals surface area contributed by atoms with Gasteiger partial charge in [0.25, 0.3) is 0 Å². The molecule has 0 aliphatic heterocycles. The van der Waals surface area contributed by atoms with Gasteiger partial charge in [-0.2, -0.15) is 0 Å². The number of hydrogen-bond donors (Lipinski definition) is 2. The van der Waals surface area contributed by atoms with E-state index in [-0.39, 0.29) is 6.10 Å². The highest BCUT2D eigenvalue weighted by molar-refractivity contribution is 5.30. The standard InChI is InChI=1S/C28H33NO2/c30-27(19-22-7-3-1-4-8-22)20-29-26-15-11-24(12-16-26)25-13-17-28(18-14-25)31-21-23-9-5-2-6-10-23/h1-10,13-14,17-18,24,26-27,29-30H,11-12,15-16,19-21H2/t24-,26+,27?. The van der Waals surface area contributed by atoms with E-state index in [0.29, 0.717) is 31.5 Å². The first-order chi connectivity index (χ1) is 15.3. The van der Waals surface area contributed by atoms with Crippen molar-refractivity contribution in [2.45, 2.75) is 56.8 Å². The van der Waals surface area contributed by atoms with Crippen LogP contribution in [0.25, 0.3) is 0 Å². The zero-order valence-electron chi connectivity index (χ0n) is 18.1. The summed E-state index contributed by atoms with van der Waals surface area (Å²) in [6.45, 7) is 1.27. The van der Waals surface area contributed by atoms with Gasteiger partial charge in [0.05, 0.1) is 6.10 Å². The molecule has 1 unspecified atom stereocenters. The minimum Gasteiger partial charge on any atom is -0.489 e. The van der Waals surface area contributed by atoms with Gasteiger partial charge < -0.3 is 15.2 Å². The van der Waals surface area contributed by atoms with E-state index in [1.165, 1.54) is 29.5 Å². The molecule has 0 spiro atoms. The number of ether oxygens (including phenoxy) is 1.